The summed E-state index contributed by atoms with van der Waals surface area (Å²) in [6, 6.07) is 6.41. The first-order valence-corrected chi connectivity index (χ1v) is 5.99. The lowest BCUT2D eigenvalue weighted by molar-refractivity contribution is 0.0697. The summed E-state index contributed by atoms with van der Waals surface area (Å²) in [5.74, 6) is -0.478. The van der Waals surface area contributed by atoms with Crippen molar-refractivity contribution in [1.29, 1.82) is 0 Å². The van der Waals surface area contributed by atoms with E-state index in [-0.39, 0.29) is 5.56 Å². The second-order valence-corrected chi connectivity index (χ2v) is 4.48. The van der Waals surface area contributed by atoms with Crippen molar-refractivity contribution >= 4 is 23.6 Å². The van der Waals surface area contributed by atoms with Crippen LogP contribution in [0.5, 0.6) is 5.75 Å². The van der Waals surface area contributed by atoms with Crippen molar-refractivity contribution in [1.82, 2.24) is 0 Å². The number of benzene rings is 1. The van der Waals surface area contributed by atoms with Gasteiger partial charge in [-0.05, 0) is 29.6 Å². The molecule has 1 aromatic carbocycles. The quantitative estimate of drug-likeness (QED) is 0.860. The number of carbonyl (C=O) groups excluding carboxylic acids is 1. The molecule has 0 saturated heterocycles. The predicted octanol–water partition coefficient (Wildman–Crippen LogP) is 2.93. The number of methoxy groups -OCH3 is 1. The first kappa shape index (κ1) is 12.3. The van der Waals surface area contributed by atoms with E-state index in [9.17, 15) is 9.59 Å². The Hall–Kier alpha value is -2.14. The maximum Gasteiger partial charge on any atom is 0.336 e. The van der Waals surface area contributed by atoms with Gasteiger partial charge in [-0.3, -0.25) is 4.79 Å². The summed E-state index contributed by atoms with van der Waals surface area (Å²) in [7, 11) is 1.51. The number of aldehydes is 1. The van der Waals surface area contributed by atoms with E-state index in [1.54, 1.807) is 23.6 Å². The second kappa shape index (κ2) is 5.01. The summed E-state index contributed by atoms with van der Waals surface area (Å²) < 4.78 is 5.08. The molecular weight excluding hydrogens is 252 g/mol. The van der Waals surface area contributed by atoms with E-state index in [1.807, 2.05) is 0 Å². The number of carboxylic acid groups (broad SMARTS) is 1. The first-order valence-electron chi connectivity index (χ1n) is 5.11. The zero-order valence-corrected chi connectivity index (χ0v) is 10.4. The number of ether oxygens (including phenoxy) is 1. The van der Waals surface area contributed by atoms with Crippen molar-refractivity contribution in [3.63, 3.8) is 0 Å². The predicted molar refractivity (Wildman–Crippen MR) is 68.7 cm³/mol. The molecule has 5 heteroatoms. The highest BCUT2D eigenvalue weighted by Gasteiger charge is 2.16. The van der Waals surface area contributed by atoms with Crippen LogP contribution in [0.15, 0.2) is 29.6 Å². The Morgan fingerprint density at radius 2 is 2.11 bits per heavy atom. The topological polar surface area (TPSA) is 63.6 Å². The van der Waals surface area contributed by atoms with Crippen LogP contribution in [-0.4, -0.2) is 24.5 Å². The molecule has 0 aliphatic heterocycles. The normalized spacial score (nSPS) is 10.1. The van der Waals surface area contributed by atoms with E-state index in [2.05, 4.69) is 0 Å². The summed E-state index contributed by atoms with van der Waals surface area (Å²) in [6.07, 6.45) is 0.727. The molecule has 0 fully saturated rings. The Morgan fingerprint density at radius 1 is 1.33 bits per heavy atom. The molecule has 1 aromatic heterocycles. The fourth-order valence-corrected chi connectivity index (χ4v) is 2.41. The Kier molecular flexibility index (Phi) is 3.43. The minimum Gasteiger partial charge on any atom is -0.497 e. The molecule has 0 unspecified atom stereocenters. The monoisotopic (exact) mass is 262 g/mol. The molecule has 1 heterocycles. The lowest BCUT2D eigenvalue weighted by Gasteiger charge is -2.08. The average molecular weight is 262 g/mol. The highest BCUT2D eigenvalue weighted by Crippen LogP contribution is 2.32. The van der Waals surface area contributed by atoms with Crippen LogP contribution in [0.2, 0.25) is 0 Å². The second-order valence-electron chi connectivity index (χ2n) is 3.53. The molecule has 2 rings (SSSR count). The standard InChI is InChI=1S/C13H10O4S/c1-17-8-2-3-10(13(15)16)11(6-8)9-4-5-18-12(9)7-14/h2-7H,1H3,(H,15,16). The van der Waals surface area contributed by atoms with Crippen molar-refractivity contribution in [2.24, 2.45) is 0 Å². The van der Waals surface area contributed by atoms with Crippen LogP contribution in [0.1, 0.15) is 20.0 Å². The minimum atomic E-state index is -1.03. The molecule has 2 aromatic rings. The van der Waals surface area contributed by atoms with Gasteiger partial charge >= 0.3 is 5.97 Å². The van der Waals surface area contributed by atoms with Crippen LogP contribution < -0.4 is 4.74 Å². The molecule has 0 atom stereocenters. The number of hydrogen-bond acceptors (Lipinski definition) is 4. The van der Waals surface area contributed by atoms with Gasteiger partial charge in [0, 0.05) is 11.1 Å². The van der Waals surface area contributed by atoms with Crippen LogP contribution >= 0.6 is 11.3 Å². The van der Waals surface area contributed by atoms with Gasteiger partial charge in [0.15, 0.2) is 6.29 Å². The van der Waals surface area contributed by atoms with Gasteiger partial charge in [-0.2, -0.15) is 0 Å². The smallest absolute Gasteiger partial charge is 0.336 e. The largest absolute Gasteiger partial charge is 0.497 e. The summed E-state index contributed by atoms with van der Waals surface area (Å²) in [6.45, 7) is 0. The van der Waals surface area contributed by atoms with E-state index in [4.69, 9.17) is 9.84 Å². The van der Waals surface area contributed by atoms with Crippen LogP contribution in [0.4, 0.5) is 0 Å². The van der Waals surface area contributed by atoms with Gasteiger partial charge in [-0.25, -0.2) is 4.79 Å². The first-order chi connectivity index (χ1) is 8.67. The van der Waals surface area contributed by atoms with Gasteiger partial charge in [0.1, 0.15) is 5.75 Å². The average Bonchev–Trinajstić information content (AvgIpc) is 2.85. The molecule has 92 valence electrons. The van der Waals surface area contributed by atoms with Crippen molar-refractivity contribution in [3.05, 3.63) is 40.1 Å². The van der Waals surface area contributed by atoms with Gasteiger partial charge < -0.3 is 9.84 Å². The molecule has 0 saturated carbocycles. The summed E-state index contributed by atoms with van der Waals surface area (Å²) in [5.41, 5.74) is 1.26. The molecule has 1 N–H and O–H groups in total. The van der Waals surface area contributed by atoms with Gasteiger partial charge in [0.05, 0.1) is 17.6 Å². The third kappa shape index (κ3) is 2.12. The van der Waals surface area contributed by atoms with E-state index in [0.29, 0.717) is 21.8 Å². The van der Waals surface area contributed by atoms with E-state index in [0.717, 1.165) is 6.29 Å². The maximum atomic E-state index is 11.2. The van der Waals surface area contributed by atoms with Crippen LogP contribution in [0.3, 0.4) is 0 Å². The zero-order valence-electron chi connectivity index (χ0n) is 9.54. The minimum absolute atomic E-state index is 0.150. The van der Waals surface area contributed by atoms with E-state index < -0.39 is 5.97 Å². The highest BCUT2D eigenvalue weighted by molar-refractivity contribution is 7.12. The number of aromatic carboxylic acids is 1. The molecule has 18 heavy (non-hydrogen) atoms. The van der Waals surface area contributed by atoms with E-state index >= 15 is 0 Å². The third-order valence-corrected chi connectivity index (χ3v) is 3.39. The summed E-state index contributed by atoms with van der Waals surface area (Å²) in [5, 5.41) is 10.9. The highest BCUT2D eigenvalue weighted by atomic mass is 32.1. The van der Waals surface area contributed by atoms with Gasteiger partial charge in [0.25, 0.3) is 0 Å². The van der Waals surface area contributed by atoms with Crippen molar-refractivity contribution in [3.8, 4) is 16.9 Å². The molecule has 0 radical (unpaired) electrons. The zero-order chi connectivity index (χ0) is 13.1. The lowest BCUT2D eigenvalue weighted by Crippen LogP contribution is -2.00. The Labute approximate surface area is 107 Å². The Bertz CT molecular complexity index is 601. The fraction of sp³-hybridized carbons (Fsp3) is 0.0769. The summed E-state index contributed by atoms with van der Waals surface area (Å²) in [4.78, 5) is 22.6. The van der Waals surface area contributed by atoms with Crippen molar-refractivity contribution in [2.75, 3.05) is 7.11 Å². The number of rotatable bonds is 4. The molecule has 0 amide bonds. The molecule has 4 nitrogen and oxygen atoms in total. The number of carboxylic acids is 1. The molecule has 0 spiro atoms. The lowest BCUT2D eigenvalue weighted by atomic mass is 10.00. The maximum absolute atomic E-state index is 11.2. The molecule has 0 aliphatic rings. The van der Waals surface area contributed by atoms with Gasteiger partial charge in [-0.15, -0.1) is 11.3 Å². The van der Waals surface area contributed by atoms with E-state index in [1.165, 1.54) is 24.5 Å². The van der Waals surface area contributed by atoms with Gasteiger partial charge in [-0.1, -0.05) is 0 Å². The van der Waals surface area contributed by atoms with Crippen molar-refractivity contribution in [2.45, 2.75) is 0 Å². The molecule has 0 aliphatic carbocycles. The molecule has 0 bridgehead atoms. The van der Waals surface area contributed by atoms with Crippen LogP contribution in [0.25, 0.3) is 11.1 Å². The molecular formula is C13H10O4S. The number of hydrogen-bond donors (Lipinski definition) is 1. The Morgan fingerprint density at radius 3 is 2.72 bits per heavy atom. The Balaban J connectivity index is 2.67. The van der Waals surface area contributed by atoms with Crippen molar-refractivity contribution < 1.29 is 19.4 Å². The van der Waals surface area contributed by atoms with Gasteiger partial charge in [0.2, 0.25) is 0 Å². The number of thiophene rings is 1. The fourth-order valence-electron chi connectivity index (χ4n) is 1.69. The third-order valence-electron chi connectivity index (χ3n) is 2.55. The summed E-state index contributed by atoms with van der Waals surface area (Å²) >= 11 is 1.28. The number of carbonyl (C=O) groups is 2. The SMILES string of the molecule is COc1ccc(C(=O)O)c(-c2ccsc2C=O)c1. The van der Waals surface area contributed by atoms with Crippen LogP contribution in [-0.2, 0) is 0 Å². The van der Waals surface area contributed by atoms with Crippen LogP contribution in [0, 0.1) is 0 Å².